The summed E-state index contributed by atoms with van der Waals surface area (Å²) in [4.78, 5) is 41.6. The van der Waals surface area contributed by atoms with Gasteiger partial charge in [0.1, 0.15) is 58.2 Å². The lowest BCUT2D eigenvalue weighted by molar-refractivity contribution is -0.138. The number of ketones is 2. The van der Waals surface area contributed by atoms with Gasteiger partial charge in [0.15, 0.2) is 23.0 Å². The number of alkyl halides is 6. The average molecular weight is 1180 g/mol. The van der Waals surface area contributed by atoms with Gasteiger partial charge in [-0.2, -0.15) is 26.3 Å². The first-order chi connectivity index (χ1) is 40.8. The van der Waals surface area contributed by atoms with E-state index in [9.17, 15) is 35.9 Å². The number of anilines is 3. The number of nitrogens with zero attached hydrogens (tertiary/aromatic N) is 4. The van der Waals surface area contributed by atoms with E-state index in [-0.39, 0.29) is 37.2 Å². The topological polar surface area (TPSA) is 179 Å². The molecule has 0 aliphatic heterocycles. The number of benzene rings is 8. The van der Waals surface area contributed by atoms with Crippen molar-refractivity contribution in [3.05, 3.63) is 221 Å². The first-order valence-corrected chi connectivity index (χ1v) is 26.2. The van der Waals surface area contributed by atoms with E-state index in [1.807, 2.05) is 18.2 Å². The molecule has 0 spiro atoms. The fraction of sp³-hybridized carbons (Fsp3) is 0.156. The Labute approximate surface area is 489 Å². The number of ether oxygens (including phenoxy) is 6. The number of Topliss-reactive ketones (excluding diaryl/α,β-unsaturated/α-hetero) is 2. The van der Waals surface area contributed by atoms with Crippen molar-refractivity contribution in [2.45, 2.75) is 38.0 Å². The number of halogens is 7. The molecule has 0 aliphatic carbocycles. The minimum Gasteiger partial charge on any atom is -0.493 e. The first-order valence-electron chi connectivity index (χ1n) is 25.8. The zero-order valence-corrected chi connectivity index (χ0v) is 46.7. The van der Waals surface area contributed by atoms with E-state index in [1.54, 1.807) is 132 Å². The molecule has 2 heterocycles. The monoisotopic (exact) mass is 1180 g/mol. The Hall–Kier alpha value is -9.95. The van der Waals surface area contributed by atoms with Crippen molar-refractivity contribution in [1.82, 2.24) is 19.9 Å². The Morgan fingerprint density at radius 3 is 1.29 bits per heavy atom. The van der Waals surface area contributed by atoms with Crippen LogP contribution in [0.3, 0.4) is 0 Å². The van der Waals surface area contributed by atoms with E-state index in [0.717, 1.165) is 51.8 Å². The standard InChI is InChI=1S/C32H26F3N3O4.C22H18F3NO2.C10H9ClN2O2/c1-40-29-17-27-28(18-30(29)41-2)36-19-37-31(27)38-23-9-11-25(12-10-23)42-26-8-4-6-21(16-26)15-24(39)14-20-5-3-7-22(13-20)32(33,34)35;23-22(24,25)17-5-1-3-15(11-17)12-19(27)13-16-4-2-6-21(14-16)28-20-9-7-18(26)8-10-20;1-14-8-3-6-7(4-9(8)15-2)12-5-13-10(6)11/h3-13,16-19H,14-15H2,1-2H3,(H,36,37,38);1-11,14H,12-13,26H2;3-5H,1-2H3. The maximum atomic E-state index is 13.0. The minimum atomic E-state index is -4.45. The molecule has 10 rings (SSSR count). The molecule has 0 atom stereocenters. The third kappa shape index (κ3) is 17.1. The Kier molecular flexibility index (Phi) is 20.1. The molecule has 0 saturated heterocycles. The lowest BCUT2D eigenvalue weighted by Crippen LogP contribution is -2.09. The first kappa shape index (κ1) is 61.1. The van der Waals surface area contributed by atoms with Crippen LogP contribution in [0.1, 0.15) is 33.4 Å². The Morgan fingerprint density at radius 2 is 0.847 bits per heavy atom. The fourth-order valence-corrected chi connectivity index (χ4v) is 8.77. The summed E-state index contributed by atoms with van der Waals surface area (Å²) < 4.78 is 110. The second-order valence-corrected chi connectivity index (χ2v) is 19.1. The lowest BCUT2D eigenvalue weighted by atomic mass is 10.0. The zero-order valence-electron chi connectivity index (χ0n) is 45.9. The van der Waals surface area contributed by atoms with Gasteiger partial charge in [0.2, 0.25) is 0 Å². The van der Waals surface area contributed by atoms with Crippen molar-refractivity contribution in [3.63, 3.8) is 0 Å². The largest absolute Gasteiger partial charge is 0.493 e. The van der Waals surface area contributed by atoms with Gasteiger partial charge in [-0.3, -0.25) is 9.59 Å². The van der Waals surface area contributed by atoms with Gasteiger partial charge in [-0.15, -0.1) is 0 Å². The number of carbonyl (C=O) groups excluding carboxylic acids is 2. The van der Waals surface area contributed by atoms with Crippen LogP contribution in [0.25, 0.3) is 21.8 Å². The fourth-order valence-electron chi connectivity index (χ4n) is 8.57. The zero-order chi connectivity index (χ0) is 60.7. The van der Waals surface area contributed by atoms with E-state index in [4.69, 9.17) is 45.8 Å². The summed E-state index contributed by atoms with van der Waals surface area (Å²) in [5.41, 5.74) is 9.03. The third-order valence-corrected chi connectivity index (χ3v) is 12.9. The summed E-state index contributed by atoms with van der Waals surface area (Å²) in [6.07, 6.45) is -5.98. The minimum absolute atomic E-state index is 0.0625. The number of carbonyl (C=O) groups is 2. The summed E-state index contributed by atoms with van der Waals surface area (Å²) in [5.74, 6) is 4.87. The highest BCUT2D eigenvalue weighted by Crippen LogP contribution is 2.37. The van der Waals surface area contributed by atoms with E-state index < -0.39 is 23.5 Å². The Balaban J connectivity index is 0.000000187. The van der Waals surface area contributed by atoms with Crippen molar-refractivity contribution in [3.8, 4) is 46.0 Å². The second-order valence-electron chi connectivity index (χ2n) is 18.7. The lowest BCUT2D eigenvalue weighted by Gasteiger charge is -2.13. The molecule has 0 amide bonds. The van der Waals surface area contributed by atoms with Gasteiger partial charge in [0, 0.05) is 60.0 Å². The van der Waals surface area contributed by atoms with Crippen molar-refractivity contribution in [2.75, 3.05) is 39.5 Å². The Morgan fingerprint density at radius 1 is 0.459 bits per heavy atom. The smallest absolute Gasteiger partial charge is 0.416 e. The van der Waals surface area contributed by atoms with E-state index >= 15 is 0 Å². The van der Waals surface area contributed by atoms with Crippen LogP contribution in [0.15, 0.2) is 183 Å². The number of hydrogen-bond acceptors (Lipinski definition) is 14. The number of nitrogens with one attached hydrogen (secondary N) is 1. The SMILES string of the molecule is COc1cc2ncnc(Cl)c2cc1OC.COc1cc2ncnc(Nc3ccc(Oc4cccc(CC(=O)Cc5cccc(C(F)(F)F)c5)c4)cc3)c2cc1OC.Nc1ccc(Oc2cccc(CC(=O)Cc3cccc(C(F)(F)F)c3)c2)cc1. The van der Waals surface area contributed by atoms with Gasteiger partial charge < -0.3 is 39.5 Å². The molecule has 14 nitrogen and oxygen atoms in total. The normalized spacial score (nSPS) is 11.1. The highest BCUT2D eigenvalue weighted by Gasteiger charge is 2.31. The van der Waals surface area contributed by atoms with Gasteiger partial charge in [-0.1, -0.05) is 72.3 Å². The molecule has 0 bridgehead atoms. The van der Waals surface area contributed by atoms with Crippen LogP contribution in [0.5, 0.6) is 46.0 Å². The maximum absolute atomic E-state index is 13.0. The molecule has 8 aromatic carbocycles. The summed E-state index contributed by atoms with van der Waals surface area (Å²) in [6.45, 7) is 0. The molecule has 10 aromatic rings. The van der Waals surface area contributed by atoms with Gasteiger partial charge in [-0.25, -0.2) is 19.9 Å². The summed E-state index contributed by atoms with van der Waals surface area (Å²) >= 11 is 5.93. The van der Waals surface area contributed by atoms with E-state index in [0.29, 0.717) is 84.9 Å². The second kappa shape index (κ2) is 27.9. The highest BCUT2D eigenvalue weighted by atomic mass is 35.5. The molecule has 0 aliphatic rings. The van der Waals surface area contributed by atoms with Crippen LogP contribution in [-0.4, -0.2) is 59.9 Å². The Bertz CT molecular complexity index is 3950. The van der Waals surface area contributed by atoms with Gasteiger partial charge >= 0.3 is 12.4 Å². The molecule has 0 fully saturated rings. The van der Waals surface area contributed by atoms with E-state index in [1.165, 1.54) is 36.9 Å². The van der Waals surface area contributed by atoms with Crippen LogP contribution in [0, 0.1) is 0 Å². The molecule has 436 valence electrons. The molecule has 2 aromatic heterocycles. The summed E-state index contributed by atoms with van der Waals surface area (Å²) in [5, 5.41) is 5.20. The number of nitrogens with two attached hydrogens (primary N) is 1. The van der Waals surface area contributed by atoms with Crippen molar-refractivity contribution < 1.29 is 64.4 Å². The molecule has 0 radical (unpaired) electrons. The molecule has 21 heteroatoms. The number of methoxy groups -OCH3 is 4. The average Bonchev–Trinajstić information content (AvgIpc) is 3.69. The molecule has 0 unspecified atom stereocenters. The predicted octanol–water partition coefficient (Wildman–Crippen LogP) is 15.3. The highest BCUT2D eigenvalue weighted by molar-refractivity contribution is 6.34. The molecular weight excluding hydrogens is 1130 g/mol. The third-order valence-electron chi connectivity index (χ3n) is 12.6. The number of fused-ring (bicyclic) bond motifs is 2. The van der Waals surface area contributed by atoms with Crippen molar-refractivity contribution in [1.29, 1.82) is 0 Å². The number of aromatic nitrogens is 4. The van der Waals surface area contributed by atoms with Gasteiger partial charge in [0.25, 0.3) is 0 Å². The van der Waals surface area contributed by atoms with Crippen LogP contribution in [0.2, 0.25) is 5.15 Å². The van der Waals surface area contributed by atoms with Crippen LogP contribution < -0.4 is 39.5 Å². The summed E-state index contributed by atoms with van der Waals surface area (Å²) in [7, 11) is 6.27. The molecular formula is C64H53ClF6N6O8. The van der Waals surface area contributed by atoms with Crippen molar-refractivity contribution in [2.24, 2.45) is 0 Å². The maximum Gasteiger partial charge on any atom is 0.416 e. The van der Waals surface area contributed by atoms with Crippen molar-refractivity contribution >= 4 is 62.2 Å². The van der Waals surface area contributed by atoms with E-state index in [2.05, 4.69) is 25.3 Å². The number of hydrogen-bond donors (Lipinski definition) is 2. The van der Waals surface area contributed by atoms with Crippen LogP contribution in [0.4, 0.5) is 43.5 Å². The summed E-state index contributed by atoms with van der Waals surface area (Å²) in [6, 6.07) is 45.1. The number of nitrogen functional groups attached to an aromatic ring is 1. The van der Waals surface area contributed by atoms with Gasteiger partial charge in [-0.05, 0) is 119 Å². The molecule has 0 saturated carbocycles. The number of rotatable bonds is 18. The quantitative estimate of drug-likeness (QED) is 0.0471. The molecule has 85 heavy (non-hydrogen) atoms. The predicted molar refractivity (Wildman–Crippen MR) is 312 cm³/mol. The van der Waals surface area contributed by atoms with Crippen LogP contribution in [-0.2, 0) is 47.6 Å². The van der Waals surface area contributed by atoms with Gasteiger partial charge in [0.05, 0.1) is 50.6 Å². The van der Waals surface area contributed by atoms with Crippen LogP contribution >= 0.6 is 11.6 Å². The molecule has 3 N–H and O–H groups in total.